The second kappa shape index (κ2) is 6.52. The zero-order valence-electron chi connectivity index (χ0n) is 14.0. The Balaban J connectivity index is 1.64. The summed E-state index contributed by atoms with van der Waals surface area (Å²) in [6.07, 6.45) is 8.37. The van der Waals surface area contributed by atoms with Crippen LogP contribution in [0.1, 0.15) is 55.7 Å². The minimum atomic E-state index is 0.853. The second-order valence-electron chi connectivity index (χ2n) is 7.74. The topological polar surface area (TPSA) is 12.0 Å². The van der Waals surface area contributed by atoms with Gasteiger partial charge in [-0.25, -0.2) is 0 Å². The number of aryl methyl sites for hydroxylation is 2. The molecule has 116 valence electrons. The largest absolute Gasteiger partial charge is 0.314 e. The van der Waals surface area contributed by atoms with Gasteiger partial charge in [-0.05, 0) is 86.9 Å². The van der Waals surface area contributed by atoms with Crippen molar-refractivity contribution in [1.29, 1.82) is 0 Å². The van der Waals surface area contributed by atoms with Gasteiger partial charge in [0, 0.05) is 6.04 Å². The van der Waals surface area contributed by atoms with Crippen LogP contribution in [0.25, 0.3) is 0 Å². The third-order valence-corrected chi connectivity index (χ3v) is 5.72. The van der Waals surface area contributed by atoms with E-state index in [0.29, 0.717) is 0 Å². The van der Waals surface area contributed by atoms with Crippen molar-refractivity contribution in [2.24, 2.45) is 17.8 Å². The van der Waals surface area contributed by atoms with Gasteiger partial charge in [-0.2, -0.15) is 0 Å². The van der Waals surface area contributed by atoms with E-state index in [1.165, 1.54) is 56.2 Å². The molecule has 2 fully saturated rings. The predicted octanol–water partition coefficient (Wildman–Crippen LogP) is 4.65. The minimum Gasteiger partial charge on any atom is -0.314 e. The first kappa shape index (κ1) is 15.1. The van der Waals surface area contributed by atoms with Crippen LogP contribution in [0, 0.1) is 31.6 Å². The smallest absolute Gasteiger partial charge is 0.00683 e. The molecule has 2 aliphatic carbocycles. The fraction of sp³-hybridized carbons (Fsp3) is 0.700. The van der Waals surface area contributed by atoms with Crippen molar-refractivity contribution in [3.05, 3.63) is 34.9 Å². The second-order valence-corrected chi connectivity index (χ2v) is 7.74. The fourth-order valence-electron chi connectivity index (χ4n) is 3.92. The number of hydrogen-bond donors (Lipinski definition) is 1. The summed E-state index contributed by atoms with van der Waals surface area (Å²) >= 11 is 0. The van der Waals surface area contributed by atoms with Gasteiger partial charge in [0.25, 0.3) is 0 Å². The summed E-state index contributed by atoms with van der Waals surface area (Å²) in [4.78, 5) is 0. The van der Waals surface area contributed by atoms with Crippen molar-refractivity contribution in [3.63, 3.8) is 0 Å². The van der Waals surface area contributed by atoms with Crippen LogP contribution in [0.15, 0.2) is 18.2 Å². The summed E-state index contributed by atoms with van der Waals surface area (Å²) in [6, 6.07) is 7.92. The van der Waals surface area contributed by atoms with Gasteiger partial charge in [-0.1, -0.05) is 31.5 Å². The maximum Gasteiger partial charge on any atom is 0.00683 e. The molecule has 0 spiro atoms. The van der Waals surface area contributed by atoms with Crippen LogP contribution < -0.4 is 5.32 Å². The molecular formula is C20H31N. The molecule has 0 aromatic heterocycles. The van der Waals surface area contributed by atoms with Crippen molar-refractivity contribution in [1.82, 2.24) is 5.32 Å². The Morgan fingerprint density at radius 3 is 2.52 bits per heavy atom. The van der Waals surface area contributed by atoms with E-state index >= 15 is 0 Å². The standard InChI is InChI=1S/C20H31N/c1-14-4-7-18(13-21-20-8-9-20)19(10-14)12-17-6-5-15(2)16(3)11-17/h5-6,11,14,18-21H,4,7-10,12-13H2,1-3H3. The average molecular weight is 285 g/mol. The molecule has 0 aliphatic heterocycles. The molecule has 1 aromatic carbocycles. The lowest BCUT2D eigenvalue weighted by molar-refractivity contribution is 0.183. The SMILES string of the molecule is Cc1ccc(CC2CC(C)CCC2CNC2CC2)cc1C. The highest BCUT2D eigenvalue weighted by Gasteiger charge is 2.30. The van der Waals surface area contributed by atoms with E-state index in [-0.39, 0.29) is 0 Å². The van der Waals surface area contributed by atoms with E-state index in [1.54, 1.807) is 5.56 Å². The van der Waals surface area contributed by atoms with Crippen LogP contribution in [0.3, 0.4) is 0 Å². The highest BCUT2D eigenvalue weighted by Crippen LogP contribution is 2.36. The van der Waals surface area contributed by atoms with E-state index < -0.39 is 0 Å². The van der Waals surface area contributed by atoms with Crippen LogP contribution in [0.2, 0.25) is 0 Å². The van der Waals surface area contributed by atoms with Crippen LogP contribution >= 0.6 is 0 Å². The van der Waals surface area contributed by atoms with Crippen molar-refractivity contribution in [3.8, 4) is 0 Å². The first-order valence-electron chi connectivity index (χ1n) is 8.91. The van der Waals surface area contributed by atoms with Gasteiger partial charge in [-0.3, -0.25) is 0 Å². The molecule has 0 heterocycles. The van der Waals surface area contributed by atoms with Crippen LogP contribution in [-0.4, -0.2) is 12.6 Å². The van der Waals surface area contributed by atoms with E-state index in [4.69, 9.17) is 0 Å². The van der Waals surface area contributed by atoms with Crippen molar-refractivity contribution in [2.75, 3.05) is 6.54 Å². The van der Waals surface area contributed by atoms with Gasteiger partial charge in [0.05, 0.1) is 0 Å². The third kappa shape index (κ3) is 4.10. The number of benzene rings is 1. The lowest BCUT2D eigenvalue weighted by Crippen LogP contribution is -2.34. The maximum atomic E-state index is 3.78. The Labute approximate surface area is 130 Å². The molecule has 1 aromatic rings. The molecule has 2 saturated carbocycles. The van der Waals surface area contributed by atoms with Crippen molar-refractivity contribution >= 4 is 0 Å². The molecule has 1 heteroatoms. The van der Waals surface area contributed by atoms with E-state index in [1.807, 2.05) is 0 Å². The Bertz CT molecular complexity index is 475. The highest BCUT2D eigenvalue weighted by molar-refractivity contribution is 5.30. The van der Waals surface area contributed by atoms with E-state index in [9.17, 15) is 0 Å². The summed E-state index contributed by atoms with van der Waals surface area (Å²) in [7, 11) is 0. The highest BCUT2D eigenvalue weighted by atomic mass is 14.9. The quantitative estimate of drug-likeness (QED) is 0.830. The summed E-state index contributed by atoms with van der Waals surface area (Å²) in [6.45, 7) is 8.16. The molecule has 0 radical (unpaired) electrons. The lowest BCUT2D eigenvalue weighted by atomic mass is 9.72. The van der Waals surface area contributed by atoms with E-state index in [2.05, 4.69) is 44.3 Å². The Hall–Kier alpha value is -0.820. The summed E-state index contributed by atoms with van der Waals surface area (Å²) < 4.78 is 0. The molecule has 1 nitrogen and oxygen atoms in total. The third-order valence-electron chi connectivity index (χ3n) is 5.72. The summed E-state index contributed by atoms with van der Waals surface area (Å²) in [5.41, 5.74) is 4.42. The summed E-state index contributed by atoms with van der Waals surface area (Å²) in [5, 5.41) is 3.78. The Morgan fingerprint density at radius 2 is 1.81 bits per heavy atom. The molecule has 0 amide bonds. The number of hydrogen-bond acceptors (Lipinski definition) is 1. The number of rotatable bonds is 5. The predicted molar refractivity (Wildman–Crippen MR) is 90.6 cm³/mol. The molecule has 3 atom stereocenters. The van der Waals surface area contributed by atoms with Gasteiger partial charge >= 0.3 is 0 Å². The van der Waals surface area contributed by atoms with Crippen molar-refractivity contribution < 1.29 is 0 Å². The molecule has 1 N–H and O–H groups in total. The molecule has 0 saturated heterocycles. The Morgan fingerprint density at radius 1 is 1.00 bits per heavy atom. The molecular weight excluding hydrogens is 254 g/mol. The monoisotopic (exact) mass is 285 g/mol. The Kier molecular flexibility index (Phi) is 4.69. The van der Waals surface area contributed by atoms with Gasteiger partial charge < -0.3 is 5.32 Å². The first-order valence-corrected chi connectivity index (χ1v) is 8.91. The van der Waals surface area contributed by atoms with Gasteiger partial charge in [0.1, 0.15) is 0 Å². The fourth-order valence-corrected chi connectivity index (χ4v) is 3.92. The summed E-state index contributed by atoms with van der Waals surface area (Å²) in [5.74, 6) is 2.68. The van der Waals surface area contributed by atoms with Gasteiger partial charge in [0.15, 0.2) is 0 Å². The zero-order valence-corrected chi connectivity index (χ0v) is 14.0. The van der Waals surface area contributed by atoms with Crippen LogP contribution in [0.4, 0.5) is 0 Å². The average Bonchev–Trinajstić information content (AvgIpc) is 3.26. The maximum absolute atomic E-state index is 3.78. The van der Waals surface area contributed by atoms with E-state index in [0.717, 1.165) is 23.8 Å². The molecule has 3 unspecified atom stereocenters. The normalized spacial score (nSPS) is 29.6. The number of nitrogens with one attached hydrogen (secondary N) is 1. The van der Waals surface area contributed by atoms with Gasteiger partial charge in [0.2, 0.25) is 0 Å². The first-order chi connectivity index (χ1) is 10.1. The molecule has 21 heavy (non-hydrogen) atoms. The molecule has 0 bridgehead atoms. The van der Waals surface area contributed by atoms with Crippen LogP contribution in [0.5, 0.6) is 0 Å². The molecule has 3 rings (SSSR count). The van der Waals surface area contributed by atoms with Crippen LogP contribution in [-0.2, 0) is 6.42 Å². The van der Waals surface area contributed by atoms with Gasteiger partial charge in [-0.15, -0.1) is 0 Å². The lowest BCUT2D eigenvalue weighted by Gasteiger charge is -2.35. The van der Waals surface area contributed by atoms with Crippen molar-refractivity contribution in [2.45, 2.75) is 65.3 Å². The zero-order chi connectivity index (χ0) is 14.8. The molecule has 2 aliphatic rings. The minimum absolute atomic E-state index is 0.853.